The van der Waals surface area contributed by atoms with Gasteiger partial charge in [0.25, 0.3) is 11.8 Å². The third kappa shape index (κ3) is 3.95. The number of morpholine rings is 1. The molecule has 162 valence electrons. The third-order valence-electron chi connectivity index (χ3n) is 5.53. The lowest BCUT2D eigenvalue weighted by Crippen LogP contribution is -2.42. The van der Waals surface area contributed by atoms with E-state index in [-0.39, 0.29) is 17.9 Å². The van der Waals surface area contributed by atoms with Crippen molar-refractivity contribution in [1.82, 2.24) is 20.4 Å². The monoisotopic (exact) mass is 440 g/mol. The van der Waals surface area contributed by atoms with E-state index in [1.807, 2.05) is 26.0 Å². The number of ether oxygens (including phenoxy) is 1. The second-order valence-electron chi connectivity index (χ2n) is 8.33. The maximum absolute atomic E-state index is 13.1. The molecule has 1 saturated heterocycles. The van der Waals surface area contributed by atoms with Gasteiger partial charge >= 0.3 is 0 Å². The zero-order valence-corrected chi connectivity index (χ0v) is 18.3. The number of carbonyl (C=O) groups excluding carboxylic acids is 2. The Morgan fingerprint density at radius 3 is 2.94 bits per heavy atom. The van der Waals surface area contributed by atoms with Crippen LogP contribution in [-0.4, -0.2) is 52.6 Å². The summed E-state index contributed by atoms with van der Waals surface area (Å²) in [6.07, 6.45) is 3.47. The van der Waals surface area contributed by atoms with Crippen molar-refractivity contribution in [3.63, 3.8) is 0 Å². The van der Waals surface area contributed by atoms with Gasteiger partial charge in [-0.2, -0.15) is 0 Å². The number of aromatic nitrogens is 2. The van der Waals surface area contributed by atoms with Crippen molar-refractivity contribution in [3.8, 4) is 0 Å². The Hall–Kier alpha value is -2.78. The van der Waals surface area contributed by atoms with Gasteiger partial charge in [-0.1, -0.05) is 11.2 Å². The summed E-state index contributed by atoms with van der Waals surface area (Å²) in [7, 11) is 0. The molecule has 2 aliphatic rings. The van der Waals surface area contributed by atoms with E-state index in [0.29, 0.717) is 36.2 Å². The molecule has 1 N–H and O–H groups in total. The SMILES string of the molecule is CC(C)NC(=O)c1sc2ncccc2c1[C@@H]1CN(C(=O)c2cc(C3CC3)on2)CCO1. The summed E-state index contributed by atoms with van der Waals surface area (Å²) in [5.74, 6) is 0.870. The molecule has 0 radical (unpaired) electrons. The molecule has 0 spiro atoms. The fourth-order valence-corrected chi connectivity index (χ4v) is 4.99. The summed E-state index contributed by atoms with van der Waals surface area (Å²) in [4.78, 5) is 33.5. The molecule has 0 aromatic carbocycles. The van der Waals surface area contributed by atoms with Gasteiger partial charge in [-0.05, 0) is 32.8 Å². The molecule has 1 atom stereocenters. The summed E-state index contributed by atoms with van der Waals surface area (Å²) < 4.78 is 11.4. The lowest BCUT2D eigenvalue weighted by Gasteiger charge is -2.33. The maximum atomic E-state index is 13.1. The molecule has 5 rings (SSSR count). The van der Waals surface area contributed by atoms with Gasteiger partial charge < -0.3 is 19.5 Å². The number of pyridine rings is 1. The van der Waals surface area contributed by atoms with Gasteiger partial charge in [0.05, 0.1) is 13.2 Å². The van der Waals surface area contributed by atoms with Crippen LogP contribution < -0.4 is 5.32 Å². The Kier molecular flexibility index (Phi) is 5.23. The van der Waals surface area contributed by atoms with E-state index in [1.165, 1.54) is 11.3 Å². The Balaban J connectivity index is 1.44. The van der Waals surface area contributed by atoms with Crippen molar-refractivity contribution in [2.45, 2.75) is 44.8 Å². The van der Waals surface area contributed by atoms with E-state index in [0.717, 1.165) is 34.4 Å². The molecule has 0 unspecified atom stereocenters. The molecule has 1 saturated carbocycles. The van der Waals surface area contributed by atoms with Crippen LogP contribution in [0.1, 0.15) is 70.2 Å². The van der Waals surface area contributed by atoms with E-state index < -0.39 is 6.10 Å². The quantitative estimate of drug-likeness (QED) is 0.652. The van der Waals surface area contributed by atoms with Crippen LogP contribution in [0.2, 0.25) is 0 Å². The molecule has 3 aromatic heterocycles. The number of carbonyl (C=O) groups is 2. The molecule has 2 amide bonds. The predicted molar refractivity (Wildman–Crippen MR) is 115 cm³/mol. The minimum Gasteiger partial charge on any atom is -0.370 e. The molecule has 2 fully saturated rings. The van der Waals surface area contributed by atoms with E-state index in [4.69, 9.17) is 9.26 Å². The van der Waals surface area contributed by atoms with E-state index in [9.17, 15) is 9.59 Å². The van der Waals surface area contributed by atoms with Crippen LogP contribution in [0.5, 0.6) is 0 Å². The first-order valence-electron chi connectivity index (χ1n) is 10.6. The van der Waals surface area contributed by atoms with Gasteiger partial charge in [-0.15, -0.1) is 11.3 Å². The normalized spacial score (nSPS) is 19.2. The van der Waals surface area contributed by atoms with Gasteiger partial charge in [-0.3, -0.25) is 9.59 Å². The standard InChI is InChI=1S/C22H24N4O4S/c1-12(2)24-20(27)19-18(14-4-3-7-23-21(14)31-19)17-11-26(8-9-29-17)22(28)15-10-16(30-25-15)13-5-6-13/h3-4,7,10,12-13,17H,5-6,8-9,11H2,1-2H3,(H,24,27)/t17-/m0/s1. The number of nitrogens with zero attached hydrogens (tertiary/aromatic N) is 3. The summed E-state index contributed by atoms with van der Waals surface area (Å²) >= 11 is 1.35. The van der Waals surface area contributed by atoms with Gasteiger partial charge in [0.2, 0.25) is 0 Å². The van der Waals surface area contributed by atoms with E-state index in [1.54, 1.807) is 17.2 Å². The second-order valence-corrected chi connectivity index (χ2v) is 9.33. The zero-order valence-electron chi connectivity index (χ0n) is 17.5. The molecule has 1 aliphatic carbocycles. The highest BCUT2D eigenvalue weighted by Crippen LogP contribution is 2.40. The number of rotatable bonds is 5. The van der Waals surface area contributed by atoms with Crippen LogP contribution in [0.15, 0.2) is 28.9 Å². The molecule has 3 aromatic rings. The molecule has 0 bridgehead atoms. The molecule has 4 heterocycles. The number of fused-ring (bicyclic) bond motifs is 1. The third-order valence-corrected chi connectivity index (χ3v) is 6.66. The fourth-order valence-electron chi connectivity index (χ4n) is 3.89. The van der Waals surface area contributed by atoms with Crippen LogP contribution in [0.25, 0.3) is 10.2 Å². The van der Waals surface area contributed by atoms with Crippen LogP contribution in [0.3, 0.4) is 0 Å². The lowest BCUT2D eigenvalue weighted by atomic mass is 10.0. The van der Waals surface area contributed by atoms with Crippen molar-refractivity contribution in [2.24, 2.45) is 0 Å². The number of hydrogen-bond donors (Lipinski definition) is 1. The van der Waals surface area contributed by atoms with E-state index >= 15 is 0 Å². The Morgan fingerprint density at radius 2 is 2.16 bits per heavy atom. The van der Waals surface area contributed by atoms with Gasteiger partial charge in [-0.25, -0.2) is 4.98 Å². The molecule has 31 heavy (non-hydrogen) atoms. The summed E-state index contributed by atoms with van der Waals surface area (Å²) in [5, 5.41) is 7.84. The first kappa shape index (κ1) is 20.1. The highest BCUT2D eigenvalue weighted by Gasteiger charge is 2.34. The van der Waals surface area contributed by atoms with Crippen LogP contribution in [0.4, 0.5) is 0 Å². The first-order chi connectivity index (χ1) is 15.0. The maximum Gasteiger partial charge on any atom is 0.276 e. The zero-order chi connectivity index (χ0) is 21.5. The Labute approximate surface area is 183 Å². The van der Waals surface area contributed by atoms with Crippen LogP contribution in [-0.2, 0) is 4.74 Å². The average molecular weight is 441 g/mol. The number of amides is 2. The molecule has 8 nitrogen and oxygen atoms in total. The fraction of sp³-hybridized carbons (Fsp3) is 0.455. The number of nitrogens with one attached hydrogen (secondary N) is 1. The van der Waals surface area contributed by atoms with Gasteiger partial charge in [0.15, 0.2) is 5.69 Å². The number of hydrogen-bond acceptors (Lipinski definition) is 7. The predicted octanol–water partition coefficient (Wildman–Crippen LogP) is 3.51. The number of thiophene rings is 1. The summed E-state index contributed by atoms with van der Waals surface area (Å²) in [5.41, 5.74) is 1.12. The molecule has 1 aliphatic heterocycles. The van der Waals surface area contributed by atoms with Crippen molar-refractivity contribution >= 4 is 33.4 Å². The smallest absolute Gasteiger partial charge is 0.276 e. The van der Waals surface area contributed by atoms with Crippen molar-refractivity contribution < 1.29 is 18.8 Å². The summed E-state index contributed by atoms with van der Waals surface area (Å²) in [6.45, 7) is 5.04. The minimum atomic E-state index is -0.418. The van der Waals surface area contributed by atoms with Gasteiger partial charge in [0.1, 0.15) is 21.6 Å². The minimum absolute atomic E-state index is 0.0108. The topological polar surface area (TPSA) is 97.6 Å². The van der Waals surface area contributed by atoms with Crippen molar-refractivity contribution in [1.29, 1.82) is 0 Å². The Bertz CT molecular complexity index is 1130. The lowest BCUT2D eigenvalue weighted by molar-refractivity contribution is -0.0225. The highest BCUT2D eigenvalue weighted by atomic mass is 32.1. The largest absolute Gasteiger partial charge is 0.370 e. The van der Waals surface area contributed by atoms with Gasteiger partial charge in [0, 0.05) is 41.7 Å². The van der Waals surface area contributed by atoms with Crippen molar-refractivity contribution in [2.75, 3.05) is 19.7 Å². The van der Waals surface area contributed by atoms with Crippen molar-refractivity contribution in [3.05, 3.63) is 46.3 Å². The van der Waals surface area contributed by atoms with Crippen LogP contribution >= 0.6 is 11.3 Å². The van der Waals surface area contributed by atoms with Crippen LogP contribution in [0, 0.1) is 0 Å². The molecular weight excluding hydrogens is 416 g/mol. The second kappa shape index (κ2) is 8.05. The first-order valence-corrected chi connectivity index (χ1v) is 11.4. The summed E-state index contributed by atoms with van der Waals surface area (Å²) in [6, 6.07) is 5.57. The molecule has 9 heteroatoms. The Morgan fingerprint density at radius 1 is 1.32 bits per heavy atom. The highest BCUT2D eigenvalue weighted by molar-refractivity contribution is 7.20. The average Bonchev–Trinajstić information content (AvgIpc) is 3.36. The molecular formula is C22H24N4O4S. The van der Waals surface area contributed by atoms with E-state index in [2.05, 4.69) is 15.5 Å².